The zero-order chi connectivity index (χ0) is 13.4. The predicted molar refractivity (Wildman–Crippen MR) is 60.1 cm³/mol. The van der Waals surface area contributed by atoms with Crippen LogP contribution in [0.4, 0.5) is 13.2 Å². The number of methoxy groups -OCH3 is 1. The SMILES string of the molecule is COC1CC(O)(Cc2cccc(C(F)(F)F)c2)C1. The second-order valence-electron chi connectivity index (χ2n) is 4.87. The van der Waals surface area contributed by atoms with Gasteiger partial charge in [0, 0.05) is 26.4 Å². The molecule has 1 N–H and O–H groups in total. The van der Waals surface area contributed by atoms with Crippen molar-refractivity contribution in [3.8, 4) is 0 Å². The lowest BCUT2D eigenvalue weighted by atomic mass is 9.73. The van der Waals surface area contributed by atoms with E-state index in [4.69, 9.17) is 4.74 Å². The van der Waals surface area contributed by atoms with Crippen LogP contribution in [-0.4, -0.2) is 23.9 Å². The highest BCUT2D eigenvalue weighted by Gasteiger charge is 2.43. The highest BCUT2D eigenvalue weighted by Crippen LogP contribution is 2.38. The van der Waals surface area contributed by atoms with Gasteiger partial charge >= 0.3 is 6.18 Å². The van der Waals surface area contributed by atoms with Gasteiger partial charge in [0.2, 0.25) is 0 Å². The second-order valence-corrected chi connectivity index (χ2v) is 4.87. The van der Waals surface area contributed by atoms with Gasteiger partial charge in [0.25, 0.3) is 0 Å². The third-order valence-corrected chi connectivity index (χ3v) is 3.34. The van der Waals surface area contributed by atoms with Crippen molar-refractivity contribution in [1.82, 2.24) is 0 Å². The number of hydrogen-bond donors (Lipinski definition) is 1. The van der Waals surface area contributed by atoms with Gasteiger partial charge in [-0.2, -0.15) is 13.2 Å². The van der Waals surface area contributed by atoms with Crippen molar-refractivity contribution in [2.45, 2.75) is 37.1 Å². The summed E-state index contributed by atoms with van der Waals surface area (Å²) in [6.07, 6.45) is -3.15. The van der Waals surface area contributed by atoms with Crippen LogP contribution < -0.4 is 0 Å². The molecule has 2 nitrogen and oxygen atoms in total. The minimum absolute atomic E-state index is 0.0146. The van der Waals surface area contributed by atoms with Gasteiger partial charge < -0.3 is 9.84 Å². The summed E-state index contributed by atoms with van der Waals surface area (Å²) < 4.78 is 42.6. The topological polar surface area (TPSA) is 29.5 Å². The fourth-order valence-electron chi connectivity index (χ4n) is 2.34. The van der Waals surface area contributed by atoms with E-state index < -0.39 is 17.3 Å². The van der Waals surface area contributed by atoms with Crippen molar-refractivity contribution in [2.75, 3.05) is 7.11 Å². The third kappa shape index (κ3) is 2.84. The van der Waals surface area contributed by atoms with Crippen LogP contribution >= 0.6 is 0 Å². The third-order valence-electron chi connectivity index (χ3n) is 3.34. The minimum Gasteiger partial charge on any atom is -0.389 e. The molecular formula is C13H15F3O2. The van der Waals surface area contributed by atoms with Crippen molar-refractivity contribution in [2.24, 2.45) is 0 Å². The summed E-state index contributed by atoms with van der Waals surface area (Å²) in [4.78, 5) is 0. The zero-order valence-corrected chi connectivity index (χ0v) is 10.00. The smallest absolute Gasteiger partial charge is 0.389 e. The Balaban J connectivity index is 2.07. The molecule has 0 spiro atoms. The van der Waals surface area contributed by atoms with E-state index in [1.165, 1.54) is 6.07 Å². The quantitative estimate of drug-likeness (QED) is 0.905. The maximum absolute atomic E-state index is 12.5. The van der Waals surface area contributed by atoms with Gasteiger partial charge in [0.1, 0.15) is 0 Å². The van der Waals surface area contributed by atoms with Crippen LogP contribution in [0.25, 0.3) is 0 Å². The number of halogens is 3. The molecule has 0 aromatic heterocycles. The van der Waals surface area contributed by atoms with Gasteiger partial charge in [-0.05, 0) is 11.6 Å². The molecule has 0 radical (unpaired) electrons. The summed E-state index contributed by atoms with van der Waals surface area (Å²) in [5.41, 5.74) is -1.10. The molecule has 0 atom stereocenters. The number of rotatable bonds is 3. The van der Waals surface area contributed by atoms with Gasteiger partial charge in [-0.15, -0.1) is 0 Å². The molecule has 1 saturated carbocycles. The average molecular weight is 260 g/mol. The standard InChI is InChI=1S/C13H15F3O2/c1-18-11-7-12(17,8-11)6-9-3-2-4-10(5-9)13(14,15)16/h2-5,11,17H,6-8H2,1H3. The van der Waals surface area contributed by atoms with Crippen LogP contribution in [0.15, 0.2) is 24.3 Å². The molecule has 1 aliphatic carbocycles. The first-order chi connectivity index (χ1) is 8.32. The number of alkyl halides is 3. The number of benzene rings is 1. The fraction of sp³-hybridized carbons (Fsp3) is 0.538. The summed E-state index contributed by atoms with van der Waals surface area (Å²) in [7, 11) is 1.56. The van der Waals surface area contributed by atoms with Crippen LogP contribution in [0.1, 0.15) is 24.0 Å². The van der Waals surface area contributed by atoms with Gasteiger partial charge in [-0.1, -0.05) is 18.2 Å². The second kappa shape index (κ2) is 4.55. The van der Waals surface area contributed by atoms with E-state index in [0.29, 0.717) is 18.4 Å². The highest BCUT2D eigenvalue weighted by atomic mass is 19.4. The first-order valence-corrected chi connectivity index (χ1v) is 5.74. The van der Waals surface area contributed by atoms with Gasteiger partial charge in [0.15, 0.2) is 0 Å². The number of aliphatic hydroxyl groups is 1. The summed E-state index contributed by atoms with van der Waals surface area (Å²) >= 11 is 0. The van der Waals surface area contributed by atoms with Crippen molar-refractivity contribution in [1.29, 1.82) is 0 Å². The predicted octanol–water partition coefficient (Wildman–Crippen LogP) is 2.79. The van der Waals surface area contributed by atoms with E-state index >= 15 is 0 Å². The molecule has 0 unspecified atom stereocenters. The molecule has 2 rings (SSSR count). The summed E-state index contributed by atoms with van der Waals surface area (Å²) in [5, 5.41) is 10.1. The van der Waals surface area contributed by atoms with E-state index in [-0.39, 0.29) is 12.5 Å². The Morgan fingerprint density at radius 2 is 2.06 bits per heavy atom. The molecule has 1 fully saturated rings. The molecule has 0 aliphatic heterocycles. The molecule has 0 amide bonds. The van der Waals surface area contributed by atoms with Gasteiger partial charge in [0.05, 0.1) is 17.3 Å². The Morgan fingerprint density at radius 1 is 1.39 bits per heavy atom. The molecular weight excluding hydrogens is 245 g/mol. The lowest BCUT2D eigenvalue weighted by Crippen LogP contribution is -2.49. The van der Waals surface area contributed by atoms with Crippen LogP contribution in [0.2, 0.25) is 0 Å². The largest absolute Gasteiger partial charge is 0.416 e. The molecule has 1 aromatic rings. The monoisotopic (exact) mass is 260 g/mol. The van der Waals surface area contributed by atoms with Crippen molar-refractivity contribution >= 4 is 0 Å². The molecule has 0 bridgehead atoms. The Labute approximate surface area is 103 Å². The number of ether oxygens (including phenoxy) is 1. The van der Waals surface area contributed by atoms with E-state index in [9.17, 15) is 18.3 Å². The zero-order valence-electron chi connectivity index (χ0n) is 10.00. The average Bonchev–Trinajstić information content (AvgIpc) is 2.24. The lowest BCUT2D eigenvalue weighted by molar-refractivity contribution is -0.138. The first-order valence-electron chi connectivity index (χ1n) is 5.74. The Bertz CT molecular complexity index is 422. The lowest BCUT2D eigenvalue weighted by Gasteiger charge is -2.43. The summed E-state index contributed by atoms with van der Waals surface area (Å²) in [5.74, 6) is 0. The summed E-state index contributed by atoms with van der Waals surface area (Å²) in [6.45, 7) is 0. The Kier molecular flexibility index (Phi) is 3.38. The molecule has 100 valence electrons. The van der Waals surface area contributed by atoms with Crippen LogP contribution in [-0.2, 0) is 17.3 Å². The van der Waals surface area contributed by atoms with Crippen LogP contribution in [0.5, 0.6) is 0 Å². The molecule has 0 heterocycles. The Hall–Kier alpha value is -1.07. The highest BCUT2D eigenvalue weighted by molar-refractivity contribution is 5.27. The fourth-order valence-corrected chi connectivity index (χ4v) is 2.34. The van der Waals surface area contributed by atoms with E-state index in [1.807, 2.05) is 0 Å². The van der Waals surface area contributed by atoms with Crippen LogP contribution in [0.3, 0.4) is 0 Å². The van der Waals surface area contributed by atoms with Gasteiger partial charge in [-0.25, -0.2) is 0 Å². The maximum Gasteiger partial charge on any atom is 0.416 e. The maximum atomic E-state index is 12.5. The first kappa shape index (κ1) is 13.4. The van der Waals surface area contributed by atoms with Crippen LogP contribution in [0, 0.1) is 0 Å². The Morgan fingerprint density at radius 3 is 2.61 bits per heavy atom. The van der Waals surface area contributed by atoms with E-state index in [0.717, 1.165) is 12.1 Å². The minimum atomic E-state index is -4.34. The number of hydrogen-bond acceptors (Lipinski definition) is 2. The van der Waals surface area contributed by atoms with Gasteiger partial charge in [-0.3, -0.25) is 0 Å². The van der Waals surface area contributed by atoms with Crippen molar-refractivity contribution in [3.63, 3.8) is 0 Å². The molecule has 0 saturated heterocycles. The molecule has 5 heteroatoms. The molecule has 18 heavy (non-hydrogen) atoms. The van der Waals surface area contributed by atoms with E-state index in [1.54, 1.807) is 13.2 Å². The van der Waals surface area contributed by atoms with Crippen molar-refractivity contribution in [3.05, 3.63) is 35.4 Å². The normalized spacial score (nSPS) is 27.9. The summed E-state index contributed by atoms with van der Waals surface area (Å²) in [6, 6.07) is 5.10. The van der Waals surface area contributed by atoms with E-state index in [2.05, 4.69) is 0 Å². The van der Waals surface area contributed by atoms with Crippen molar-refractivity contribution < 1.29 is 23.0 Å². The molecule has 1 aliphatic rings. The molecule has 1 aromatic carbocycles.